The third-order valence-corrected chi connectivity index (χ3v) is 3.54. The van der Waals surface area contributed by atoms with Crippen LogP contribution in [0.15, 0.2) is 30.3 Å². The molecule has 6 nitrogen and oxygen atoms in total. The van der Waals surface area contributed by atoms with Crippen LogP contribution in [-0.2, 0) is 20.8 Å². The van der Waals surface area contributed by atoms with Gasteiger partial charge in [0.15, 0.2) is 0 Å². The molecule has 6 heteroatoms. The molecule has 21 heavy (non-hydrogen) atoms. The minimum Gasteiger partial charge on any atom is -0.368 e. The van der Waals surface area contributed by atoms with Gasteiger partial charge >= 0.3 is 0 Å². The number of carbonyl (C=O) groups excluding carboxylic acids is 3. The number of carbonyl (C=O) groups is 3. The van der Waals surface area contributed by atoms with E-state index >= 15 is 0 Å². The highest BCUT2D eigenvalue weighted by molar-refractivity contribution is 5.93. The lowest BCUT2D eigenvalue weighted by Gasteiger charge is -2.18. The second kappa shape index (κ2) is 6.88. The van der Waals surface area contributed by atoms with Crippen LogP contribution in [0.5, 0.6) is 0 Å². The van der Waals surface area contributed by atoms with E-state index in [0.29, 0.717) is 25.7 Å². The number of hydrogen-bond acceptors (Lipinski definition) is 3. The molecule has 1 aromatic rings. The van der Waals surface area contributed by atoms with Gasteiger partial charge in [0, 0.05) is 6.42 Å². The molecule has 1 aliphatic heterocycles. The molecule has 1 fully saturated rings. The average molecular weight is 289 g/mol. The van der Waals surface area contributed by atoms with Gasteiger partial charge in [-0.1, -0.05) is 30.3 Å². The molecule has 2 rings (SSSR count). The molecule has 0 spiro atoms. The van der Waals surface area contributed by atoms with Crippen LogP contribution in [0.4, 0.5) is 0 Å². The fourth-order valence-corrected chi connectivity index (χ4v) is 2.32. The summed E-state index contributed by atoms with van der Waals surface area (Å²) in [6.45, 7) is 0. The molecule has 0 aliphatic carbocycles. The van der Waals surface area contributed by atoms with Crippen molar-refractivity contribution in [2.75, 3.05) is 0 Å². The van der Waals surface area contributed by atoms with Gasteiger partial charge in [-0.2, -0.15) is 0 Å². The maximum absolute atomic E-state index is 12.0. The molecule has 0 unspecified atom stereocenters. The van der Waals surface area contributed by atoms with E-state index in [-0.39, 0.29) is 11.8 Å². The van der Waals surface area contributed by atoms with Gasteiger partial charge in [-0.05, 0) is 24.8 Å². The Kier molecular flexibility index (Phi) is 4.92. The molecule has 1 saturated heterocycles. The summed E-state index contributed by atoms with van der Waals surface area (Å²) < 4.78 is 0. The smallest absolute Gasteiger partial charge is 0.243 e. The van der Waals surface area contributed by atoms with Crippen LogP contribution in [-0.4, -0.2) is 29.8 Å². The van der Waals surface area contributed by atoms with Crippen LogP contribution < -0.4 is 16.4 Å². The fourth-order valence-electron chi connectivity index (χ4n) is 2.32. The van der Waals surface area contributed by atoms with Crippen molar-refractivity contribution >= 4 is 17.7 Å². The monoisotopic (exact) mass is 289 g/mol. The Balaban J connectivity index is 1.88. The Hall–Kier alpha value is -2.37. The molecule has 1 aliphatic rings. The number of primary amides is 1. The molecule has 0 aromatic heterocycles. The highest BCUT2D eigenvalue weighted by atomic mass is 16.2. The third-order valence-electron chi connectivity index (χ3n) is 3.54. The van der Waals surface area contributed by atoms with Crippen molar-refractivity contribution in [1.82, 2.24) is 10.6 Å². The SMILES string of the molecule is NC(=O)[C@@H](CCc1ccccc1)NC(=O)[C@@H]1CCC(=O)N1. The molecule has 0 radical (unpaired) electrons. The number of amides is 3. The van der Waals surface area contributed by atoms with Gasteiger partial charge in [0.2, 0.25) is 17.7 Å². The summed E-state index contributed by atoms with van der Waals surface area (Å²) in [5, 5.41) is 5.19. The first kappa shape index (κ1) is 15.0. The lowest BCUT2D eigenvalue weighted by Crippen LogP contribution is -2.50. The van der Waals surface area contributed by atoms with E-state index in [9.17, 15) is 14.4 Å². The van der Waals surface area contributed by atoms with Crippen molar-refractivity contribution in [2.45, 2.75) is 37.8 Å². The molecular weight excluding hydrogens is 270 g/mol. The van der Waals surface area contributed by atoms with E-state index in [2.05, 4.69) is 10.6 Å². The molecule has 1 heterocycles. The largest absolute Gasteiger partial charge is 0.368 e. The van der Waals surface area contributed by atoms with Crippen molar-refractivity contribution in [3.05, 3.63) is 35.9 Å². The van der Waals surface area contributed by atoms with Gasteiger partial charge < -0.3 is 16.4 Å². The van der Waals surface area contributed by atoms with Gasteiger partial charge in [0.1, 0.15) is 12.1 Å². The second-order valence-corrected chi connectivity index (χ2v) is 5.15. The Bertz CT molecular complexity index is 530. The molecular formula is C15H19N3O3. The topological polar surface area (TPSA) is 101 Å². The fraction of sp³-hybridized carbons (Fsp3) is 0.400. The minimum absolute atomic E-state index is 0.143. The molecule has 2 atom stereocenters. The van der Waals surface area contributed by atoms with Crippen molar-refractivity contribution in [2.24, 2.45) is 5.73 Å². The Morgan fingerprint density at radius 1 is 1.33 bits per heavy atom. The zero-order valence-electron chi connectivity index (χ0n) is 11.7. The first-order chi connectivity index (χ1) is 10.1. The molecule has 112 valence electrons. The van der Waals surface area contributed by atoms with Gasteiger partial charge in [-0.3, -0.25) is 14.4 Å². The van der Waals surface area contributed by atoms with Crippen LogP contribution in [0.1, 0.15) is 24.8 Å². The highest BCUT2D eigenvalue weighted by Gasteiger charge is 2.29. The maximum Gasteiger partial charge on any atom is 0.243 e. The highest BCUT2D eigenvalue weighted by Crippen LogP contribution is 2.09. The van der Waals surface area contributed by atoms with Crippen molar-refractivity contribution in [3.63, 3.8) is 0 Å². The average Bonchev–Trinajstić information content (AvgIpc) is 2.90. The van der Waals surface area contributed by atoms with E-state index in [4.69, 9.17) is 5.73 Å². The molecule has 0 saturated carbocycles. The summed E-state index contributed by atoms with van der Waals surface area (Å²) in [5.74, 6) is -1.06. The predicted octanol–water partition coefficient (Wildman–Crippen LogP) is -0.132. The van der Waals surface area contributed by atoms with E-state index in [1.54, 1.807) is 0 Å². The van der Waals surface area contributed by atoms with E-state index in [1.165, 1.54) is 0 Å². The standard InChI is InChI=1S/C15H19N3O3/c16-14(20)11(7-6-10-4-2-1-3-5-10)18-15(21)12-8-9-13(19)17-12/h1-5,11-12H,6-9H2,(H2,16,20)(H,17,19)(H,18,21)/t11-,12+/m1/s1. The summed E-state index contributed by atoms with van der Waals surface area (Å²) in [7, 11) is 0. The van der Waals surface area contributed by atoms with Crippen LogP contribution >= 0.6 is 0 Å². The molecule has 3 amide bonds. The Labute approximate surface area is 123 Å². The van der Waals surface area contributed by atoms with E-state index in [0.717, 1.165) is 5.56 Å². The predicted molar refractivity (Wildman–Crippen MR) is 77.1 cm³/mol. The molecule has 1 aromatic carbocycles. The molecule has 4 N–H and O–H groups in total. The van der Waals surface area contributed by atoms with Gasteiger partial charge in [0.05, 0.1) is 0 Å². The quantitative estimate of drug-likeness (QED) is 0.679. The third kappa shape index (κ3) is 4.30. The van der Waals surface area contributed by atoms with Gasteiger partial charge in [-0.15, -0.1) is 0 Å². The first-order valence-corrected chi connectivity index (χ1v) is 6.99. The van der Waals surface area contributed by atoms with Crippen LogP contribution in [0.2, 0.25) is 0 Å². The number of nitrogens with one attached hydrogen (secondary N) is 2. The number of hydrogen-bond donors (Lipinski definition) is 3. The van der Waals surface area contributed by atoms with Crippen LogP contribution in [0.25, 0.3) is 0 Å². The van der Waals surface area contributed by atoms with Gasteiger partial charge in [0.25, 0.3) is 0 Å². The Morgan fingerprint density at radius 2 is 2.05 bits per heavy atom. The number of nitrogens with two attached hydrogens (primary N) is 1. The van der Waals surface area contributed by atoms with Crippen LogP contribution in [0, 0.1) is 0 Å². The maximum atomic E-state index is 12.0. The zero-order chi connectivity index (χ0) is 15.2. The molecule has 0 bridgehead atoms. The number of aryl methyl sites for hydroxylation is 1. The summed E-state index contributed by atoms with van der Waals surface area (Å²) in [5.41, 5.74) is 6.41. The van der Waals surface area contributed by atoms with Gasteiger partial charge in [-0.25, -0.2) is 0 Å². The summed E-state index contributed by atoms with van der Waals surface area (Å²) in [6.07, 6.45) is 1.87. The first-order valence-electron chi connectivity index (χ1n) is 6.99. The van der Waals surface area contributed by atoms with Crippen LogP contribution in [0.3, 0.4) is 0 Å². The Morgan fingerprint density at radius 3 is 2.62 bits per heavy atom. The van der Waals surface area contributed by atoms with Crippen molar-refractivity contribution < 1.29 is 14.4 Å². The minimum atomic E-state index is -0.727. The lowest BCUT2D eigenvalue weighted by atomic mass is 10.0. The summed E-state index contributed by atoms with van der Waals surface area (Å²) in [4.78, 5) is 34.5. The van der Waals surface area contributed by atoms with E-state index in [1.807, 2.05) is 30.3 Å². The van der Waals surface area contributed by atoms with Crippen molar-refractivity contribution in [3.8, 4) is 0 Å². The summed E-state index contributed by atoms with van der Waals surface area (Å²) in [6, 6.07) is 8.38. The summed E-state index contributed by atoms with van der Waals surface area (Å²) >= 11 is 0. The van der Waals surface area contributed by atoms with E-state index < -0.39 is 18.0 Å². The number of rotatable bonds is 6. The number of benzene rings is 1. The lowest BCUT2D eigenvalue weighted by molar-refractivity contribution is -0.129. The second-order valence-electron chi connectivity index (χ2n) is 5.15. The normalized spacial score (nSPS) is 18.9. The zero-order valence-corrected chi connectivity index (χ0v) is 11.7. The van der Waals surface area contributed by atoms with Crippen molar-refractivity contribution in [1.29, 1.82) is 0 Å².